The number of hydrogen-bond donors (Lipinski definition) is 1. The van der Waals surface area contributed by atoms with Gasteiger partial charge in [0.2, 0.25) is 0 Å². The van der Waals surface area contributed by atoms with E-state index in [0.29, 0.717) is 5.82 Å². The van der Waals surface area contributed by atoms with Crippen LogP contribution in [0.3, 0.4) is 0 Å². The summed E-state index contributed by atoms with van der Waals surface area (Å²) in [6.45, 7) is 4.04. The fraction of sp³-hybridized carbons (Fsp3) is 0.444. The molecule has 0 fully saturated rings. The van der Waals surface area contributed by atoms with E-state index in [9.17, 15) is 10.1 Å². The summed E-state index contributed by atoms with van der Waals surface area (Å²) in [5, 5.41) is 13.5. The Hall–Kier alpha value is -1.65. The predicted octanol–water partition coefficient (Wildman–Crippen LogP) is 2.20. The number of nitro groups is 1. The smallest absolute Gasteiger partial charge is 0.274 e. The molecule has 1 N–H and O–H groups in total. The van der Waals surface area contributed by atoms with Crippen molar-refractivity contribution in [2.45, 2.75) is 26.3 Å². The predicted molar refractivity (Wildman–Crippen MR) is 54.3 cm³/mol. The van der Waals surface area contributed by atoms with Crippen LogP contribution in [-0.4, -0.2) is 15.9 Å². The Labute approximate surface area is 82.3 Å². The average molecular weight is 195 g/mol. The Bertz CT molecular complexity index is 328. The molecule has 1 aromatic heterocycles. The molecule has 0 aliphatic heterocycles. The van der Waals surface area contributed by atoms with Crippen LogP contribution in [0.2, 0.25) is 0 Å². The number of anilines is 1. The minimum atomic E-state index is -0.427. The van der Waals surface area contributed by atoms with E-state index in [-0.39, 0.29) is 11.7 Å². The molecule has 0 aromatic carbocycles. The van der Waals surface area contributed by atoms with E-state index in [1.807, 2.05) is 13.8 Å². The lowest BCUT2D eigenvalue weighted by Gasteiger charge is -2.10. The van der Waals surface area contributed by atoms with Crippen LogP contribution in [0.4, 0.5) is 11.5 Å². The highest BCUT2D eigenvalue weighted by atomic mass is 16.6. The van der Waals surface area contributed by atoms with Crippen molar-refractivity contribution in [3.63, 3.8) is 0 Å². The minimum Gasteiger partial charge on any atom is -0.367 e. The second-order valence-electron chi connectivity index (χ2n) is 3.11. The van der Waals surface area contributed by atoms with Crippen molar-refractivity contribution < 1.29 is 4.92 Å². The summed E-state index contributed by atoms with van der Waals surface area (Å²) in [5.74, 6) is 0.550. The van der Waals surface area contributed by atoms with Crippen molar-refractivity contribution in [3.8, 4) is 0 Å². The fourth-order valence-corrected chi connectivity index (χ4v) is 0.966. The molecule has 76 valence electrons. The molecule has 1 aromatic rings. The number of aromatic nitrogens is 1. The van der Waals surface area contributed by atoms with E-state index in [1.54, 1.807) is 0 Å². The summed E-state index contributed by atoms with van der Waals surface area (Å²) < 4.78 is 0. The quantitative estimate of drug-likeness (QED) is 0.590. The maximum absolute atomic E-state index is 10.5. The molecule has 0 aliphatic carbocycles. The Morgan fingerprint density at radius 1 is 1.71 bits per heavy atom. The van der Waals surface area contributed by atoms with Gasteiger partial charge in [0.15, 0.2) is 0 Å². The van der Waals surface area contributed by atoms with Gasteiger partial charge in [-0.1, -0.05) is 6.92 Å². The molecule has 1 unspecified atom stereocenters. The molecule has 0 bridgehead atoms. The monoisotopic (exact) mass is 195 g/mol. The number of nitrogens with zero attached hydrogens (tertiary/aromatic N) is 2. The van der Waals surface area contributed by atoms with Crippen LogP contribution in [0.1, 0.15) is 20.3 Å². The summed E-state index contributed by atoms with van der Waals surface area (Å²) in [7, 11) is 0. The molecule has 0 saturated carbocycles. The SMILES string of the molecule is CCC(C)Nc1cc([N+](=O)[O-])ccn1. The third-order valence-corrected chi connectivity index (χ3v) is 1.96. The van der Waals surface area contributed by atoms with Crippen LogP contribution >= 0.6 is 0 Å². The highest BCUT2D eigenvalue weighted by Crippen LogP contribution is 2.15. The lowest BCUT2D eigenvalue weighted by Crippen LogP contribution is -2.14. The van der Waals surface area contributed by atoms with E-state index in [0.717, 1.165) is 6.42 Å². The van der Waals surface area contributed by atoms with Gasteiger partial charge in [-0.05, 0) is 13.3 Å². The third kappa shape index (κ3) is 2.69. The van der Waals surface area contributed by atoms with Gasteiger partial charge in [0.1, 0.15) is 5.82 Å². The van der Waals surface area contributed by atoms with Crippen molar-refractivity contribution in [1.82, 2.24) is 4.98 Å². The Balaban J connectivity index is 2.78. The van der Waals surface area contributed by atoms with E-state index in [1.165, 1.54) is 18.3 Å². The topological polar surface area (TPSA) is 68.1 Å². The van der Waals surface area contributed by atoms with Gasteiger partial charge in [-0.3, -0.25) is 10.1 Å². The molecule has 1 atom stereocenters. The van der Waals surface area contributed by atoms with Crippen molar-refractivity contribution >= 4 is 11.5 Å². The van der Waals surface area contributed by atoms with Crippen molar-refractivity contribution in [2.24, 2.45) is 0 Å². The average Bonchev–Trinajstić information content (AvgIpc) is 2.18. The van der Waals surface area contributed by atoms with Crippen molar-refractivity contribution in [2.75, 3.05) is 5.32 Å². The highest BCUT2D eigenvalue weighted by molar-refractivity contribution is 5.44. The molecule has 0 radical (unpaired) electrons. The minimum absolute atomic E-state index is 0.0609. The zero-order valence-electron chi connectivity index (χ0n) is 8.23. The lowest BCUT2D eigenvalue weighted by molar-refractivity contribution is -0.384. The van der Waals surface area contributed by atoms with Crippen LogP contribution in [0.5, 0.6) is 0 Å². The number of pyridine rings is 1. The molecular weight excluding hydrogens is 182 g/mol. The molecule has 0 saturated heterocycles. The molecular formula is C9H13N3O2. The van der Waals surface area contributed by atoms with Gasteiger partial charge < -0.3 is 5.32 Å². The largest absolute Gasteiger partial charge is 0.367 e. The van der Waals surface area contributed by atoms with Crippen molar-refractivity contribution in [3.05, 3.63) is 28.4 Å². The second kappa shape index (κ2) is 4.55. The molecule has 1 heterocycles. The molecule has 5 nitrogen and oxygen atoms in total. The van der Waals surface area contributed by atoms with Gasteiger partial charge in [0.05, 0.1) is 11.0 Å². The number of hydrogen-bond acceptors (Lipinski definition) is 4. The van der Waals surface area contributed by atoms with Gasteiger partial charge in [-0.15, -0.1) is 0 Å². The zero-order valence-corrected chi connectivity index (χ0v) is 8.23. The number of nitrogens with one attached hydrogen (secondary N) is 1. The Kier molecular flexibility index (Phi) is 3.39. The maximum atomic E-state index is 10.5. The summed E-state index contributed by atoms with van der Waals surface area (Å²) in [6, 6.07) is 3.08. The first-order valence-electron chi connectivity index (χ1n) is 4.50. The van der Waals surface area contributed by atoms with Gasteiger partial charge in [0, 0.05) is 18.3 Å². The van der Waals surface area contributed by atoms with Crippen LogP contribution in [0.25, 0.3) is 0 Å². The number of rotatable bonds is 4. The van der Waals surface area contributed by atoms with E-state index in [2.05, 4.69) is 10.3 Å². The van der Waals surface area contributed by atoms with Crippen LogP contribution in [0.15, 0.2) is 18.3 Å². The Morgan fingerprint density at radius 2 is 2.43 bits per heavy atom. The van der Waals surface area contributed by atoms with E-state index < -0.39 is 4.92 Å². The van der Waals surface area contributed by atoms with Crippen LogP contribution < -0.4 is 5.32 Å². The molecule has 0 aliphatic rings. The third-order valence-electron chi connectivity index (χ3n) is 1.96. The summed E-state index contributed by atoms with van der Waals surface area (Å²) in [5.41, 5.74) is 0.0609. The van der Waals surface area contributed by atoms with Gasteiger partial charge >= 0.3 is 0 Å². The normalized spacial score (nSPS) is 12.1. The van der Waals surface area contributed by atoms with Gasteiger partial charge in [0.25, 0.3) is 5.69 Å². The first kappa shape index (κ1) is 10.4. The first-order chi connectivity index (χ1) is 6.63. The maximum Gasteiger partial charge on any atom is 0.274 e. The second-order valence-corrected chi connectivity index (χ2v) is 3.11. The molecule has 5 heteroatoms. The van der Waals surface area contributed by atoms with Crippen LogP contribution in [-0.2, 0) is 0 Å². The standard InChI is InChI=1S/C9H13N3O2/c1-3-7(2)11-9-6-8(12(13)14)4-5-10-9/h4-7H,3H2,1-2H3,(H,10,11). The zero-order chi connectivity index (χ0) is 10.6. The molecule has 0 spiro atoms. The van der Waals surface area contributed by atoms with Gasteiger partial charge in [-0.2, -0.15) is 0 Å². The van der Waals surface area contributed by atoms with Crippen LogP contribution in [0, 0.1) is 10.1 Å². The lowest BCUT2D eigenvalue weighted by atomic mass is 10.2. The molecule has 14 heavy (non-hydrogen) atoms. The summed E-state index contributed by atoms with van der Waals surface area (Å²) in [4.78, 5) is 14.0. The fourth-order valence-electron chi connectivity index (χ4n) is 0.966. The summed E-state index contributed by atoms with van der Waals surface area (Å²) >= 11 is 0. The summed E-state index contributed by atoms with van der Waals surface area (Å²) in [6.07, 6.45) is 2.38. The highest BCUT2D eigenvalue weighted by Gasteiger charge is 2.07. The molecule has 0 amide bonds. The van der Waals surface area contributed by atoms with Gasteiger partial charge in [-0.25, -0.2) is 4.98 Å². The van der Waals surface area contributed by atoms with E-state index >= 15 is 0 Å². The Morgan fingerprint density at radius 3 is 3.00 bits per heavy atom. The van der Waals surface area contributed by atoms with E-state index in [4.69, 9.17) is 0 Å². The van der Waals surface area contributed by atoms with Crippen molar-refractivity contribution in [1.29, 1.82) is 0 Å². The molecule has 1 rings (SSSR count). The first-order valence-corrected chi connectivity index (χ1v) is 4.50.